The lowest BCUT2D eigenvalue weighted by Crippen LogP contribution is -2.16. The Morgan fingerprint density at radius 3 is 3.04 bits per heavy atom. The monoisotopic (exact) mass is 327 g/mol. The van der Waals surface area contributed by atoms with Gasteiger partial charge in [-0.25, -0.2) is 4.98 Å². The van der Waals surface area contributed by atoms with Gasteiger partial charge in [-0.05, 0) is 37.0 Å². The van der Waals surface area contributed by atoms with Gasteiger partial charge in [0.2, 0.25) is 5.56 Å². The molecule has 0 saturated heterocycles. The van der Waals surface area contributed by atoms with Gasteiger partial charge in [0.15, 0.2) is 5.16 Å². The highest BCUT2D eigenvalue weighted by atomic mass is 32.2. The Labute approximate surface area is 137 Å². The standard InChI is InChI=1S/C17H17N3O2S/c1-22-11-6-7-12-13(9-11)19-17(18-12)23-14-4-2-3-10-5-8-15(21)20-16(10)14/h5-9,14H,2-4H2,1H3,(H,18,19)(H,20,21). The molecule has 1 unspecified atom stereocenters. The maximum Gasteiger partial charge on any atom is 0.248 e. The third kappa shape index (κ3) is 2.74. The van der Waals surface area contributed by atoms with Crippen LogP contribution in [0.15, 0.2) is 40.3 Å². The summed E-state index contributed by atoms with van der Waals surface area (Å²) in [7, 11) is 1.66. The molecule has 0 aliphatic heterocycles. The molecule has 0 bridgehead atoms. The van der Waals surface area contributed by atoms with Gasteiger partial charge in [0.05, 0.1) is 23.4 Å². The first-order chi connectivity index (χ1) is 11.2. The van der Waals surface area contributed by atoms with E-state index in [1.165, 1.54) is 5.56 Å². The average Bonchev–Trinajstić information content (AvgIpc) is 2.96. The van der Waals surface area contributed by atoms with Gasteiger partial charge in [0, 0.05) is 17.8 Å². The third-order valence-corrected chi connectivity index (χ3v) is 5.37. The fourth-order valence-corrected chi connectivity index (χ4v) is 4.25. The maximum absolute atomic E-state index is 11.6. The Hall–Kier alpha value is -2.21. The van der Waals surface area contributed by atoms with E-state index in [0.717, 1.165) is 46.9 Å². The molecule has 1 aliphatic rings. The average molecular weight is 327 g/mol. The lowest BCUT2D eigenvalue weighted by atomic mass is 9.96. The number of nitrogens with zero attached hydrogens (tertiary/aromatic N) is 1. The Kier molecular flexibility index (Phi) is 3.61. The van der Waals surface area contributed by atoms with E-state index >= 15 is 0 Å². The van der Waals surface area contributed by atoms with E-state index in [1.54, 1.807) is 24.9 Å². The number of thioether (sulfide) groups is 1. The number of hydrogen-bond acceptors (Lipinski definition) is 4. The van der Waals surface area contributed by atoms with E-state index in [-0.39, 0.29) is 10.8 Å². The minimum absolute atomic E-state index is 0.0365. The number of nitrogens with one attached hydrogen (secondary N) is 2. The van der Waals surface area contributed by atoms with Crippen molar-refractivity contribution >= 4 is 22.8 Å². The van der Waals surface area contributed by atoms with E-state index in [9.17, 15) is 4.79 Å². The molecule has 1 aliphatic carbocycles. The predicted molar refractivity (Wildman–Crippen MR) is 91.2 cm³/mol. The number of aryl methyl sites for hydroxylation is 1. The zero-order valence-electron chi connectivity index (χ0n) is 12.8. The van der Waals surface area contributed by atoms with Crippen molar-refractivity contribution in [3.63, 3.8) is 0 Å². The first-order valence-electron chi connectivity index (χ1n) is 7.65. The van der Waals surface area contributed by atoms with Gasteiger partial charge in [-0.2, -0.15) is 0 Å². The summed E-state index contributed by atoms with van der Waals surface area (Å²) in [5.74, 6) is 0.810. The van der Waals surface area contributed by atoms with Crippen LogP contribution in [0.2, 0.25) is 0 Å². The number of methoxy groups -OCH3 is 1. The van der Waals surface area contributed by atoms with E-state index in [0.29, 0.717) is 0 Å². The molecule has 0 spiro atoms. The molecule has 23 heavy (non-hydrogen) atoms. The lowest BCUT2D eigenvalue weighted by molar-refractivity contribution is 0.415. The van der Waals surface area contributed by atoms with Crippen LogP contribution >= 0.6 is 11.8 Å². The van der Waals surface area contributed by atoms with Gasteiger partial charge in [0.1, 0.15) is 5.75 Å². The Bertz CT molecular complexity index is 916. The van der Waals surface area contributed by atoms with Crippen LogP contribution < -0.4 is 10.3 Å². The van der Waals surface area contributed by atoms with Gasteiger partial charge in [-0.15, -0.1) is 0 Å². The maximum atomic E-state index is 11.6. The Morgan fingerprint density at radius 2 is 2.17 bits per heavy atom. The zero-order valence-corrected chi connectivity index (χ0v) is 13.6. The quantitative estimate of drug-likeness (QED) is 0.773. The van der Waals surface area contributed by atoms with Crippen molar-refractivity contribution in [2.75, 3.05) is 7.11 Å². The highest BCUT2D eigenvalue weighted by molar-refractivity contribution is 7.99. The van der Waals surface area contributed by atoms with Crippen molar-refractivity contribution in [1.29, 1.82) is 0 Å². The molecular formula is C17H17N3O2S. The summed E-state index contributed by atoms with van der Waals surface area (Å²) in [5.41, 5.74) is 4.14. The topological polar surface area (TPSA) is 70.8 Å². The normalized spacial score (nSPS) is 17.2. The van der Waals surface area contributed by atoms with Crippen molar-refractivity contribution in [3.05, 3.63) is 51.9 Å². The van der Waals surface area contributed by atoms with Crippen LogP contribution in [0.3, 0.4) is 0 Å². The van der Waals surface area contributed by atoms with Crippen LogP contribution in [0.4, 0.5) is 0 Å². The molecule has 2 heterocycles. The molecule has 2 N–H and O–H groups in total. The predicted octanol–water partition coefficient (Wildman–Crippen LogP) is 3.43. The number of rotatable bonds is 3. The summed E-state index contributed by atoms with van der Waals surface area (Å²) >= 11 is 1.68. The summed E-state index contributed by atoms with van der Waals surface area (Å²) in [6.07, 6.45) is 3.20. The summed E-state index contributed by atoms with van der Waals surface area (Å²) in [4.78, 5) is 22.6. The molecule has 0 amide bonds. The van der Waals surface area contributed by atoms with Crippen LogP contribution in [-0.2, 0) is 6.42 Å². The molecule has 6 heteroatoms. The number of benzene rings is 1. The van der Waals surface area contributed by atoms with Crippen LogP contribution in [-0.4, -0.2) is 22.1 Å². The number of aromatic nitrogens is 3. The number of pyridine rings is 1. The van der Waals surface area contributed by atoms with Crippen molar-refractivity contribution in [1.82, 2.24) is 15.0 Å². The first kappa shape index (κ1) is 14.4. The van der Waals surface area contributed by atoms with Crippen LogP contribution in [0.25, 0.3) is 11.0 Å². The molecule has 5 nitrogen and oxygen atoms in total. The Balaban J connectivity index is 1.66. The van der Waals surface area contributed by atoms with Crippen molar-refractivity contribution in [3.8, 4) is 5.75 Å². The van der Waals surface area contributed by atoms with Crippen LogP contribution in [0.1, 0.15) is 29.3 Å². The number of H-pyrrole nitrogens is 2. The number of imidazole rings is 1. The molecule has 2 aromatic heterocycles. The van der Waals surface area contributed by atoms with Crippen molar-refractivity contribution < 1.29 is 4.74 Å². The van der Waals surface area contributed by atoms with E-state index in [2.05, 4.69) is 15.0 Å². The summed E-state index contributed by atoms with van der Waals surface area (Å²) < 4.78 is 5.25. The SMILES string of the molecule is COc1ccc2nc(SC3CCCc4ccc(=O)[nH]c43)[nH]c2c1. The minimum atomic E-state index is -0.0365. The lowest BCUT2D eigenvalue weighted by Gasteiger charge is -2.23. The van der Waals surface area contributed by atoms with Gasteiger partial charge >= 0.3 is 0 Å². The number of ether oxygens (including phenoxy) is 1. The summed E-state index contributed by atoms with van der Waals surface area (Å²) in [6, 6.07) is 9.36. The number of hydrogen-bond donors (Lipinski definition) is 2. The largest absolute Gasteiger partial charge is 0.497 e. The molecule has 1 atom stereocenters. The van der Waals surface area contributed by atoms with Crippen LogP contribution in [0.5, 0.6) is 5.75 Å². The third-order valence-electron chi connectivity index (χ3n) is 4.20. The molecule has 0 fully saturated rings. The van der Waals surface area contributed by atoms with Crippen molar-refractivity contribution in [2.24, 2.45) is 0 Å². The van der Waals surface area contributed by atoms with E-state index < -0.39 is 0 Å². The van der Waals surface area contributed by atoms with E-state index in [1.807, 2.05) is 24.3 Å². The van der Waals surface area contributed by atoms with Gasteiger partial charge in [-0.3, -0.25) is 4.79 Å². The zero-order chi connectivity index (χ0) is 15.8. The molecule has 0 radical (unpaired) electrons. The highest BCUT2D eigenvalue weighted by Gasteiger charge is 2.23. The van der Waals surface area contributed by atoms with Crippen molar-refractivity contribution in [2.45, 2.75) is 29.7 Å². The number of fused-ring (bicyclic) bond motifs is 2. The Morgan fingerprint density at radius 1 is 1.26 bits per heavy atom. The van der Waals surface area contributed by atoms with Gasteiger partial charge in [0.25, 0.3) is 0 Å². The molecule has 4 rings (SSSR count). The fraction of sp³-hybridized carbons (Fsp3) is 0.294. The minimum Gasteiger partial charge on any atom is -0.497 e. The van der Waals surface area contributed by atoms with E-state index in [4.69, 9.17) is 4.74 Å². The molecule has 0 saturated carbocycles. The fourth-order valence-electron chi connectivity index (χ4n) is 3.05. The van der Waals surface area contributed by atoms with Gasteiger partial charge < -0.3 is 14.7 Å². The molecule has 118 valence electrons. The highest BCUT2D eigenvalue weighted by Crippen LogP contribution is 2.41. The second-order valence-electron chi connectivity index (χ2n) is 5.69. The molecular weight excluding hydrogens is 310 g/mol. The number of aromatic amines is 2. The second kappa shape index (κ2) is 5.77. The molecule has 3 aromatic rings. The molecule has 1 aromatic carbocycles. The summed E-state index contributed by atoms with van der Waals surface area (Å²) in [6.45, 7) is 0. The first-order valence-corrected chi connectivity index (χ1v) is 8.53. The smallest absolute Gasteiger partial charge is 0.248 e. The van der Waals surface area contributed by atoms with Gasteiger partial charge in [-0.1, -0.05) is 17.8 Å². The second-order valence-corrected chi connectivity index (χ2v) is 6.88. The van der Waals surface area contributed by atoms with Crippen LogP contribution in [0, 0.1) is 0 Å². The summed E-state index contributed by atoms with van der Waals surface area (Å²) in [5, 5.41) is 1.10.